The van der Waals surface area contributed by atoms with Crippen molar-refractivity contribution in [1.29, 1.82) is 0 Å². The van der Waals surface area contributed by atoms with Crippen LogP contribution < -0.4 is 0 Å². The summed E-state index contributed by atoms with van der Waals surface area (Å²) in [5, 5.41) is 0. The van der Waals surface area contributed by atoms with Gasteiger partial charge in [-0.05, 0) is 79.1 Å². The van der Waals surface area contributed by atoms with Gasteiger partial charge in [0, 0.05) is 32.7 Å². The molecular formula is C22H39BN2O4. The van der Waals surface area contributed by atoms with Crippen molar-refractivity contribution in [3.05, 3.63) is 11.5 Å². The quantitative estimate of drug-likeness (QED) is 0.666. The Balaban J connectivity index is 1.43. The molecule has 0 spiro atoms. The zero-order chi connectivity index (χ0) is 21.4. The van der Waals surface area contributed by atoms with Gasteiger partial charge in [-0.1, -0.05) is 6.08 Å². The Kier molecular flexibility index (Phi) is 6.43. The van der Waals surface area contributed by atoms with Crippen molar-refractivity contribution in [1.82, 2.24) is 9.80 Å². The highest BCUT2D eigenvalue weighted by Crippen LogP contribution is 2.39. The molecule has 0 aromatic rings. The molecule has 0 unspecified atom stereocenters. The number of carbonyl (C=O) groups excluding carboxylic acids is 1. The first-order valence-corrected chi connectivity index (χ1v) is 11.1. The maximum Gasteiger partial charge on any atom is 0.490 e. The predicted molar refractivity (Wildman–Crippen MR) is 116 cm³/mol. The molecule has 0 N–H and O–H groups in total. The number of nitrogens with zero attached hydrogens (tertiary/aromatic N) is 2. The second kappa shape index (κ2) is 8.24. The van der Waals surface area contributed by atoms with Crippen LogP contribution in [0.15, 0.2) is 11.5 Å². The van der Waals surface area contributed by atoms with Crippen molar-refractivity contribution in [3.8, 4) is 0 Å². The highest BCUT2D eigenvalue weighted by molar-refractivity contribution is 6.54. The number of piperidine rings is 1. The Labute approximate surface area is 177 Å². The van der Waals surface area contributed by atoms with Gasteiger partial charge < -0.3 is 18.9 Å². The molecule has 3 heterocycles. The van der Waals surface area contributed by atoms with Crippen molar-refractivity contribution < 1.29 is 18.8 Å². The monoisotopic (exact) mass is 406 g/mol. The number of hydrogen-bond donors (Lipinski definition) is 0. The van der Waals surface area contributed by atoms with Gasteiger partial charge in [-0.3, -0.25) is 4.90 Å². The van der Waals surface area contributed by atoms with E-state index in [0.29, 0.717) is 5.92 Å². The number of carbonyl (C=O) groups is 1. The third-order valence-electron chi connectivity index (χ3n) is 6.67. The van der Waals surface area contributed by atoms with Crippen LogP contribution in [0.2, 0.25) is 0 Å². The van der Waals surface area contributed by atoms with Crippen molar-refractivity contribution in [2.75, 3.05) is 32.7 Å². The fourth-order valence-corrected chi connectivity index (χ4v) is 4.09. The lowest BCUT2D eigenvalue weighted by molar-refractivity contribution is 0.00578. The fourth-order valence-electron chi connectivity index (χ4n) is 4.09. The molecule has 3 rings (SSSR count). The number of amides is 1. The molecule has 29 heavy (non-hydrogen) atoms. The third kappa shape index (κ3) is 5.56. The van der Waals surface area contributed by atoms with Crippen LogP contribution in [0.4, 0.5) is 4.79 Å². The normalized spacial score (nSPS) is 25.8. The molecule has 0 aromatic heterocycles. The largest absolute Gasteiger partial charge is 0.490 e. The first-order valence-electron chi connectivity index (χ1n) is 11.1. The Hall–Kier alpha value is -1.05. The summed E-state index contributed by atoms with van der Waals surface area (Å²) in [6, 6.07) is 0. The molecule has 3 aliphatic rings. The average Bonchev–Trinajstić information content (AvgIpc) is 2.82. The van der Waals surface area contributed by atoms with E-state index in [2.05, 4.69) is 38.7 Å². The zero-order valence-corrected chi connectivity index (χ0v) is 19.4. The van der Waals surface area contributed by atoms with E-state index in [4.69, 9.17) is 14.0 Å². The summed E-state index contributed by atoms with van der Waals surface area (Å²) in [6.07, 6.45) is 5.20. The van der Waals surface area contributed by atoms with Gasteiger partial charge >= 0.3 is 13.2 Å². The van der Waals surface area contributed by atoms with Gasteiger partial charge in [-0.2, -0.15) is 0 Å². The smallest absolute Gasteiger partial charge is 0.444 e. The molecule has 0 atom stereocenters. The summed E-state index contributed by atoms with van der Waals surface area (Å²) in [6.45, 7) is 18.8. The second-order valence-corrected chi connectivity index (χ2v) is 10.8. The molecule has 1 amide bonds. The maximum atomic E-state index is 12.2. The fraction of sp³-hybridized carbons (Fsp3) is 0.864. The molecule has 2 fully saturated rings. The molecular weight excluding hydrogens is 367 g/mol. The Bertz CT molecular complexity index is 617. The Morgan fingerprint density at radius 2 is 1.72 bits per heavy atom. The van der Waals surface area contributed by atoms with E-state index < -0.39 is 5.60 Å². The lowest BCUT2D eigenvalue weighted by Gasteiger charge is -2.36. The van der Waals surface area contributed by atoms with Crippen LogP contribution in [0.1, 0.15) is 67.7 Å². The predicted octanol–water partition coefficient (Wildman–Crippen LogP) is 3.90. The summed E-state index contributed by atoms with van der Waals surface area (Å²) in [5.41, 5.74) is 0.290. The molecule has 0 bridgehead atoms. The molecule has 6 nitrogen and oxygen atoms in total. The van der Waals surface area contributed by atoms with Gasteiger partial charge in [-0.25, -0.2) is 4.79 Å². The summed E-state index contributed by atoms with van der Waals surface area (Å²) in [4.78, 5) is 16.6. The average molecular weight is 406 g/mol. The highest BCUT2D eigenvalue weighted by atomic mass is 16.7. The van der Waals surface area contributed by atoms with Crippen LogP contribution in [-0.4, -0.2) is 72.5 Å². The highest BCUT2D eigenvalue weighted by Gasteiger charge is 2.52. The van der Waals surface area contributed by atoms with Crippen LogP contribution in [0, 0.1) is 5.92 Å². The maximum absolute atomic E-state index is 12.2. The number of rotatable bonds is 3. The Morgan fingerprint density at radius 1 is 1.14 bits per heavy atom. The van der Waals surface area contributed by atoms with Gasteiger partial charge in [0.05, 0.1) is 11.2 Å². The van der Waals surface area contributed by atoms with E-state index in [9.17, 15) is 4.79 Å². The summed E-state index contributed by atoms with van der Waals surface area (Å²) in [5.74, 6) is 0.639. The van der Waals surface area contributed by atoms with Crippen molar-refractivity contribution in [2.24, 2.45) is 5.92 Å². The summed E-state index contributed by atoms with van der Waals surface area (Å²) < 4.78 is 17.9. The molecule has 0 aliphatic carbocycles. The lowest BCUT2D eigenvalue weighted by Crippen LogP contribution is -2.44. The third-order valence-corrected chi connectivity index (χ3v) is 6.67. The summed E-state index contributed by atoms with van der Waals surface area (Å²) in [7, 11) is -0.209. The molecule has 7 heteroatoms. The van der Waals surface area contributed by atoms with Gasteiger partial charge in [0.15, 0.2) is 0 Å². The molecule has 0 saturated carbocycles. The van der Waals surface area contributed by atoms with Gasteiger partial charge in [-0.15, -0.1) is 0 Å². The van der Waals surface area contributed by atoms with Crippen LogP contribution in [-0.2, 0) is 14.0 Å². The number of likely N-dealkylation sites (tertiary alicyclic amines) is 1. The van der Waals surface area contributed by atoms with E-state index in [1.54, 1.807) is 0 Å². The second-order valence-electron chi connectivity index (χ2n) is 10.8. The van der Waals surface area contributed by atoms with E-state index in [0.717, 1.165) is 52.0 Å². The van der Waals surface area contributed by atoms with Gasteiger partial charge in [0.1, 0.15) is 5.60 Å². The standard InChI is InChI=1S/C22H39BN2O4/c1-20(2,3)27-19(26)25-14-8-17(9-15-25)16-24-12-10-18(11-13-24)23-28-21(4,5)22(6,7)29-23/h10,17H,8-9,11-16H2,1-7H3. The van der Waals surface area contributed by atoms with Crippen molar-refractivity contribution in [2.45, 2.75) is 84.5 Å². The summed E-state index contributed by atoms with van der Waals surface area (Å²) >= 11 is 0. The molecule has 3 aliphatic heterocycles. The van der Waals surface area contributed by atoms with E-state index >= 15 is 0 Å². The zero-order valence-electron chi connectivity index (χ0n) is 19.4. The molecule has 164 valence electrons. The first-order chi connectivity index (χ1) is 13.4. The molecule has 0 radical (unpaired) electrons. The van der Waals surface area contributed by atoms with Crippen molar-refractivity contribution in [3.63, 3.8) is 0 Å². The first kappa shape index (κ1) is 22.6. The number of ether oxygens (including phenoxy) is 1. The van der Waals surface area contributed by atoms with Crippen LogP contribution in [0.25, 0.3) is 0 Å². The SMILES string of the molecule is CC(C)(C)OC(=O)N1CCC(CN2CC=C(B3OC(C)(C)C(C)(C)O3)CC2)CC1. The number of hydrogen-bond acceptors (Lipinski definition) is 5. The van der Waals surface area contributed by atoms with E-state index in [-0.39, 0.29) is 24.4 Å². The van der Waals surface area contributed by atoms with Gasteiger partial charge in [0.25, 0.3) is 0 Å². The van der Waals surface area contributed by atoms with Crippen LogP contribution in [0.5, 0.6) is 0 Å². The lowest BCUT2D eigenvalue weighted by atomic mass is 9.74. The van der Waals surface area contributed by atoms with Crippen LogP contribution in [0.3, 0.4) is 0 Å². The van der Waals surface area contributed by atoms with Gasteiger partial charge in [0.2, 0.25) is 0 Å². The van der Waals surface area contributed by atoms with E-state index in [1.165, 1.54) is 5.47 Å². The minimum atomic E-state index is -0.428. The van der Waals surface area contributed by atoms with Crippen molar-refractivity contribution >= 4 is 13.2 Å². The van der Waals surface area contributed by atoms with E-state index in [1.807, 2.05) is 25.7 Å². The minimum Gasteiger partial charge on any atom is -0.444 e. The van der Waals surface area contributed by atoms with Crippen LogP contribution >= 0.6 is 0 Å². The minimum absolute atomic E-state index is 0.177. The molecule has 2 saturated heterocycles. The topological polar surface area (TPSA) is 51.2 Å². The Morgan fingerprint density at radius 3 is 2.21 bits per heavy atom. The molecule has 0 aromatic carbocycles.